The Balaban J connectivity index is 1.52. The lowest BCUT2D eigenvalue weighted by molar-refractivity contribution is 0.391. The molecule has 0 aliphatic carbocycles. The highest BCUT2D eigenvalue weighted by molar-refractivity contribution is 7.98. The van der Waals surface area contributed by atoms with Gasteiger partial charge in [-0.2, -0.15) is 4.98 Å². The van der Waals surface area contributed by atoms with Crippen LogP contribution in [0.1, 0.15) is 5.89 Å². The van der Waals surface area contributed by atoms with Gasteiger partial charge in [0.2, 0.25) is 11.7 Å². The van der Waals surface area contributed by atoms with Gasteiger partial charge in [-0.05, 0) is 23.6 Å². The second-order valence-electron chi connectivity index (χ2n) is 4.93. The number of thioether (sulfide) groups is 1. The summed E-state index contributed by atoms with van der Waals surface area (Å²) in [6, 6.07) is 11.6. The first-order valence-electron chi connectivity index (χ1n) is 7.38. The van der Waals surface area contributed by atoms with E-state index in [1.165, 1.54) is 11.8 Å². The molecule has 0 N–H and O–H groups in total. The van der Waals surface area contributed by atoms with E-state index in [4.69, 9.17) is 9.26 Å². The van der Waals surface area contributed by atoms with Gasteiger partial charge in [-0.25, -0.2) is 0 Å². The highest BCUT2D eigenvalue weighted by atomic mass is 32.2. The van der Waals surface area contributed by atoms with Gasteiger partial charge in [0.1, 0.15) is 12.1 Å². The van der Waals surface area contributed by atoms with Crippen LogP contribution in [0.3, 0.4) is 0 Å². The molecule has 0 saturated carbocycles. The summed E-state index contributed by atoms with van der Waals surface area (Å²) in [6.45, 7) is 0. The van der Waals surface area contributed by atoms with Crippen LogP contribution in [0.25, 0.3) is 16.4 Å². The van der Waals surface area contributed by atoms with Crippen molar-refractivity contribution in [2.24, 2.45) is 0 Å². The molecule has 3 heterocycles. The van der Waals surface area contributed by atoms with Gasteiger partial charge >= 0.3 is 0 Å². The van der Waals surface area contributed by atoms with Crippen LogP contribution >= 0.6 is 23.1 Å². The lowest BCUT2D eigenvalue weighted by Crippen LogP contribution is -1.98. The summed E-state index contributed by atoms with van der Waals surface area (Å²) in [5.74, 6) is 2.41. The smallest absolute Gasteiger partial charge is 0.237 e. The zero-order valence-electron chi connectivity index (χ0n) is 13.2. The number of thiophene rings is 1. The van der Waals surface area contributed by atoms with Crippen LogP contribution in [0.5, 0.6) is 5.75 Å². The molecule has 0 saturated heterocycles. The van der Waals surface area contributed by atoms with Crippen LogP contribution in [0.2, 0.25) is 0 Å². The van der Waals surface area contributed by atoms with Crippen molar-refractivity contribution in [2.75, 3.05) is 7.11 Å². The second-order valence-corrected chi connectivity index (χ2v) is 6.82. The largest absolute Gasteiger partial charge is 0.495 e. The van der Waals surface area contributed by atoms with E-state index in [1.54, 1.807) is 24.8 Å². The summed E-state index contributed by atoms with van der Waals surface area (Å²) < 4.78 is 12.6. The SMILES string of the molecule is COc1ccccc1-n1cnnc1SCc1nc(-c2cccs2)no1. The lowest BCUT2D eigenvalue weighted by atomic mass is 10.3. The Morgan fingerprint density at radius 2 is 2.16 bits per heavy atom. The summed E-state index contributed by atoms with van der Waals surface area (Å²) >= 11 is 3.05. The molecule has 4 rings (SSSR count). The topological polar surface area (TPSA) is 78.9 Å². The minimum Gasteiger partial charge on any atom is -0.495 e. The van der Waals surface area contributed by atoms with E-state index in [0.717, 1.165) is 21.5 Å². The van der Waals surface area contributed by atoms with Gasteiger partial charge in [-0.1, -0.05) is 35.1 Å². The van der Waals surface area contributed by atoms with E-state index < -0.39 is 0 Å². The van der Waals surface area contributed by atoms with Crippen molar-refractivity contribution in [3.63, 3.8) is 0 Å². The predicted octanol–water partition coefficient (Wildman–Crippen LogP) is 3.68. The van der Waals surface area contributed by atoms with Crippen molar-refractivity contribution in [3.05, 3.63) is 54.0 Å². The number of ether oxygens (including phenoxy) is 1. The molecule has 1 aromatic carbocycles. The van der Waals surface area contributed by atoms with Gasteiger partial charge in [0.05, 0.1) is 23.4 Å². The van der Waals surface area contributed by atoms with Gasteiger partial charge in [-0.3, -0.25) is 4.57 Å². The molecule has 0 unspecified atom stereocenters. The zero-order chi connectivity index (χ0) is 17.1. The first-order chi connectivity index (χ1) is 12.3. The number of aromatic nitrogens is 5. The molecule has 0 amide bonds. The average molecular weight is 371 g/mol. The Hall–Kier alpha value is -2.65. The van der Waals surface area contributed by atoms with Crippen LogP contribution in [-0.2, 0) is 5.75 Å². The van der Waals surface area contributed by atoms with Crippen molar-refractivity contribution >= 4 is 23.1 Å². The Bertz CT molecular complexity index is 965. The Morgan fingerprint density at radius 1 is 1.24 bits per heavy atom. The Labute approximate surface area is 151 Å². The third-order valence-corrected chi connectivity index (χ3v) is 5.19. The molecule has 0 radical (unpaired) electrons. The number of hydrogen-bond donors (Lipinski definition) is 0. The molecule has 3 aromatic heterocycles. The summed E-state index contributed by atoms with van der Waals surface area (Å²) in [4.78, 5) is 5.40. The molecule has 4 aromatic rings. The average Bonchev–Trinajstić information content (AvgIpc) is 3.40. The molecular formula is C16H13N5O2S2. The molecule has 0 atom stereocenters. The molecule has 126 valence electrons. The quantitative estimate of drug-likeness (QED) is 0.478. The molecule has 0 bridgehead atoms. The molecule has 9 heteroatoms. The molecule has 0 aliphatic heterocycles. The number of methoxy groups -OCH3 is 1. The van der Waals surface area contributed by atoms with E-state index in [-0.39, 0.29) is 0 Å². The third-order valence-electron chi connectivity index (χ3n) is 3.40. The number of rotatable bonds is 6. The van der Waals surface area contributed by atoms with Crippen LogP contribution in [0.15, 0.2) is 57.8 Å². The van der Waals surface area contributed by atoms with Crippen LogP contribution in [0.4, 0.5) is 0 Å². The first kappa shape index (κ1) is 15.9. The van der Waals surface area contributed by atoms with Crippen molar-refractivity contribution < 1.29 is 9.26 Å². The predicted molar refractivity (Wildman–Crippen MR) is 95.1 cm³/mol. The van der Waals surface area contributed by atoms with E-state index in [2.05, 4.69) is 20.3 Å². The lowest BCUT2D eigenvalue weighted by Gasteiger charge is -2.10. The molecule has 25 heavy (non-hydrogen) atoms. The van der Waals surface area contributed by atoms with Gasteiger partial charge in [0.15, 0.2) is 5.16 Å². The Morgan fingerprint density at radius 3 is 3.00 bits per heavy atom. The van der Waals surface area contributed by atoms with E-state index in [9.17, 15) is 0 Å². The number of nitrogens with zero attached hydrogens (tertiary/aromatic N) is 5. The standard InChI is InChI=1S/C16H13N5O2S2/c1-22-12-6-3-2-5-11(12)21-10-17-19-16(21)25-9-14-18-15(20-23-14)13-7-4-8-24-13/h2-8,10H,9H2,1H3. The van der Waals surface area contributed by atoms with Crippen molar-refractivity contribution in [1.82, 2.24) is 24.9 Å². The maximum absolute atomic E-state index is 5.41. The highest BCUT2D eigenvalue weighted by Gasteiger charge is 2.14. The summed E-state index contributed by atoms with van der Waals surface area (Å²) in [5.41, 5.74) is 0.877. The molecule has 0 spiro atoms. The molecule has 7 nitrogen and oxygen atoms in total. The number of benzene rings is 1. The Kier molecular flexibility index (Phi) is 4.49. The normalized spacial score (nSPS) is 10.9. The maximum Gasteiger partial charge on any atom is 0.237 e. The van der Waals surface area contributed by atoms with E-state index >= 15 is 0 Å². The molecule has 0 fully saturated rings. The molecular weight excluding hydrogens is 358 g/mol. The van der Waals surface area contributed by atoms with Crippen LogP contribution in [0, 0.1) is 0 Å². The van der Waals surface area contributed by atoms with Gasteiger partial charge in [0, 0.05) is 0 Å². The van der Waals surface area contributed by atoms with Gasteiger partial charge in [0.25, 0.3) is 0 Å². The highest BCUT2D eigenvalue weighted by Crippen LogP contribution is 2.28. The number of hydrogen-bond acceptors (Lipinski definition) is 8. The zero-order valence-corrected chi connectivity index (χ0v) is 14.8. The number of para-hydroxylation sites is 2. The summed E-state index contributed by atoms with van der Waals surface area (Å²) in [6.07, 6.45) is 1.66. The van der Waals surface area contributed by atoms with Crippen molar-refractivity contribution in [1.29, 1.82) is 0 Å². The maximum atomic E-state index is 5.41. The minimum atomic E-state index is 0.506. The monoisotopic (exact) mass is 371 g/mol. The van der Waals surface area contributed by atoms with Crippen molar-refractivity contribution in [3.8, 4) is 22.1 Å². The first-order valence-corrected chi connectivity index (χ1v) is 9.24. The second kappa shape index (κ2) is 7.08. The fourth-order valence-corrected chi connectivity index (χ4v) is 3.67. The fourth-order valence-electron chi connectivity index (χ4n) is 2.26. The summed E-state index contributed by atoms with van der Waals surface area (Å²) in [7, 11) is 1.64. The summed E-state index contributed by atoms with van der Waals surface area (Å²) in [5, 5.41) is 14.9. The van der Waals surface area contributed by atoms with Gasteiger partial charge < -0.3 is 9.26 Å². The minimum absolute atomic E-state index is 0.506. The van der Waals surface area contributed by atoms with E-state index in [0.29, 0.717) is 17.5 Å². The van der Waals surface area contributed by atoms with Gasteiger partial charge in [-0.15, -0.1) is 21.5 Å². The third kappa shape index (κ3) is 3.28. The molecule has 0 aliphatic rings. The van der Waals surface area contributed by atoms with E-state index in [1.807, 2.05) is 46.3 Å². The van der Waals surface area contributed by atoms with Crippen molar-refractivity contribution in [2.45, 2.75) is 10.9 Å². The fraction of sp³-hybridized carbons (Fsp3) is 0.125. The van der Waals surface area contributed by atoms with Crippen LogP contribution in [-0.4, -0.2) is 32.0 Å². The van der Waals surface area contributed by atoms with Crippen LogP contribution < -0.4 is 4.74 Å².